The van der Waals surface area contributed by atoms with Crippen LogP contribution in [0.5, 0.6) is 5.75 Å². The molecule has 2 radical (unpaired) electrons. The monoisotopic (exact) mass is 407 g/mol. The van der Waals surface area contributed by atoms with Gasteiger partial charge in [0.2, 0.25) is 0 Å². The molecule has 1 heterocycles. The first-order chi connectivity index (χ1) is 13.2. The number of carbonyl (C=O) groups is 1. The standard InChI is InChI=1S/C20H31BClN3O3/c1-12(19(21)26)8-13(2)25-6-4-14(5-7-25)11-24-20(27)15-9-16(22)17(23)10-18(15)28-3/h9-10,12-14,19,26H,4-8,11,23H2,1-3H3,(H,24,27). The van der Waals surface area contributed by atoms with E-state index < -0.39 is 6.00 Å². The second kappa shape index (κ2) is 10.4. The number of aliphatic hydroxyl groups is 1. The largest absolute Gasteiger partial charge is 0.496 e. The van der Waals surface area contributed by atoms with E-state index >= 15 is 0 Å². The molecule has 0 saturated carbocycles. The van der Waals surface area contributed by atoms with Gasteiger partial charge in [-0.15, -0.1) is 0 Å². The summed E-state index contributed by atoms with van der Waals surface area (Å²) in [6.07, 6.45) is 2.91. The van der Waals surface area contributed by atoms with Gasteiger partial charge in [0, 0.05) is 24.7 Å². The van der Waals surface area contributed by atoms with Crippen molar-refractivity contribution in [3.8, 4) is 5.75 Å². The highest BCUT2D eigenvalue weighted by molar-refractivity contribution is 6.33. The number of ether oxygens (including phenoxy) is 1. The average Bonchev–Trinajstić information content (AvgIpc) is 2.67. The minimum Gasteiger partial charge on any atom is -0.496 e. The minimum absolute atomic E-state index is 0.0775. The first-order valence-corrected chi connectivity index (χ1v) is 10.2. The lowest BCUT2D eigenvalue weighted by molar-refractivity contribution is 0.0901. The smallest absolute Gasteiger partial charge is 0.255 e. The summed E-state index contributed by atoms with van der Waals surface area (Å²) >= 11 is 6.05. The lowest BCUT2D eigenvalue weighted by Crippen LogP contribution is -2.43. The van der Waals surface area contributed by atoms with Gasteiger partial charge in [-0.3, -0.25) is 4.79 Å². The van der Waals surface area contributed by atoms with Crippen LogP contribution in [-0.4, -0.2) is 62.5 Å². The summed E-state index contributed by atoms with van der Waals surface area (Å²) in [6.45, 7) is 6.72. The van der Waals surface area contributed by atoms with E-state index in [4.69, 9.17) is 29.9 Å². The van der Waals surface area contributed by atoms with Gasteiger partial charge in [-0.05, 0) is 57.2 Å². The van der Waals surface area contributed by atoms with Crippen molar-refractivity contribution in [2.75, 3.05) is 32.5 Å². The van der Waals surface area contributed by atoms with Crippen molar-refractivity contribution < 1.29 is 14.6 Å². The third-order valence-corrected chi connectivity index (χ3v) is 6.01. The number of aliphatic hydroxyl groups excluding tert-OH is 1. The fraction of sp³-hybridized carbons (Fsp3) is 0.650. The van der Waals surface area contributed by atoms with Crippen LogP contribution in [0.15, 0.2) is 12.1 Å². The minimum atomic E-state index is -0.769. The first kappa shape index (κ1) is 22.8. The second-order valence-corrected chi connectivity index (χ2v) is 8.22. The molecule has 8 heteroatoms. The molecule has 4 N–H and O–H groups in total. The zero-order chi connectivity index (χ0) is 20.8. The van der Waals surface area contributed by atoms with E-state index in [1.54, 1.807) is 12.1 Å². The number of halogens is 1. The Hall–Kier alpha value is -1.44. The molecule has 1 aromatic rings. The Bertz CT molecular complexity index is 666. The number of nitrogens with zero attached hydrogens (tertiary/aromatic N) is 1. The van der Waals surface area contributed by atoms with Crippen molar-refractivity contribution in [1.29, 1.82) is 0 Å². The number of piperidine rings is 1. The maximum Gasteiger partial charge on any atom is 0.255 e. The number of amides is 1. The fourth-order valence-electron chi connectivity index (χ4n) is 3.67. The Balaban J connectivity index is 1.82. The van der Waals surface area contributed by atoms with Crippen LogP contribution in [0.25, 0.3) is 0 Å². The molecule has 1 saturated heterocycles. The Labute approximate surface area is 174 Å². The van der Waals surface area contributed by atoms with Crippen LogP contribution in [-0.2, 0) is 0 Å². The number of hydrogen-bond acceptors (Lipinski definition) is 5. The van der Waals surface area contributed by atoms with E-state index in [2.05, 4.69) is 17.1 Å². The molecule has 2 rings (SSSR count). The number of nitrogens with two attached hydrogens (primary N) is 1. The highest BCUT2D eigenvalue weighted by Crippen LogP contribution is 2.29. The van der Waals surface area contributed by atoms with Gasteiger partial charge in [0.15, 0.2) is 0 Å². The molecule has 3 unspecified atom stereocenters. The van der Waals surface area contributed by atoms with Crippen molar-refractivity contribution >= 4 is 31.0 Å². The fourth-order valence-corrected chi connectivity index (χ4v) is 3.84. The summed E-state index contributed by atoms with van der Waals surface area (Å²) in [5.74, 6) is 0.716. The van der Waals surface area contributed by atoms with Gasteiger partial charge in [0.25, 0.3) is 5.91 Å². The SMILES string of the molecule is [B]C(O)C(C)CC(C)N1CCC(CNC(=O)c2cc(Cl)c(N)cc2OC)CC1. The maximum atomic E-state index is 12.6. The van der Waals surface area contributed by atoms with Crippen LogP contribution in [0.2, 0.25) is 5.02 Å². The molecule has 1 amide bonds. The van der Waals surface area contributed by atoms with E-state index in [1.165, 1.54) is 7.11 Å². The molecule has 0 aromatic heterocycles. The summed E-state index contributed by atoms with van der Waals surface area (Å²) in [4.78, 5) is 15.0. The molecule has 3 atom stereocenters. The van der Waals surface area contributed by atoms with Crippen molar-refractivity contribution in [1.82, 2.24) is 10.2 Å². The molecule has 6 nitrogen and oxygen atoms in total. The predicted octanol–water partition coefficient (Wildman–Crippen LogP) is 2.27. The highest BCUT2D eigenvalue weighted by Gasteiger charge is 2.25. The predicted molar refractivity (Wildman–Crippen MR) is 114 cm³/mol. The van der Waals surface area contributed by atoms with Gasteiger partial charge in [0.05, 0.1) is 23.4 Å². The third-order valence-electron chi connectivity index (χ3n) is 5.68. The second-order valence-electron chi connectivity index (χ2n) is 7.82. The number of likely N-dealkylation sites (tertiary alicyclic amines) is 1. The number of methoxy groups -OCH3 is 1. The summed E-state index contributed by atoms with van der Waals surface area (Å²) in [5, 5.41) is 12.8. The molecule has 28 heavy (non-hydrogen) atoms. The molecule has 1 aliphatic rings. The molecule has 0 bridgehead atoms. The molecule has 154 valence electrons. The average molecular weight is 408 g/mol. The number of benzene rings is 1. The van der Waals surface area contributed by atoms with Crippen molar-refractivity contribution in [3.05, 3.63) is 22.7 Å². The Morgan fingerprint density at radius 2 is 2.07 bits per heavy atom. The van der Waals surface area contributed by atoms with Crippen molar-refractivity contribution in [2.45, 2.75) is 45.2 Å². The number of nitrogen functional groups attached to an aromatic ring is 1. The lowest BCUT2D eigenvalue weighted by Gasteiger charge is -2.37. The Morgan fingerprint density at radius 3 is 2.64 bits per heavy atom. The zero-order valence-electron chi connectivity index (χ0n) is 17.0. The van der Waals surface area contributed by atoms with Gasteiger partial charge < -0.3 is 25.8 Å². The van der Waals surface area contributed by atoms with Crippen LogP contribution >= 0.6 is 11.6 Å². The topological polar surface area (TPSA) is 87.8 Å². The number of carbonyl (C=O) groups excluding carboxylic acids is 1. The Morgan fingerprint density at radius 1 is 1.43 bits per heavy atom. The normalized spacial score (nSPS) is 19.0. The number of anilines is 1. The van der Waals surface area contributed by atoms with E-state index in [0.717, 1.165) is 32.4 Å². The Kier molecular flexibility index (Phi) is 8.46. The number of hydrogen-bond donors (Lipinski definition) is 3. The van der Waals surface area contributed by atoms with Gasteiger partial charge in [-0.2, -0.15) is 0 Å². The van der Waals surface area contributed by atoms with Crippen LogP contribution in [0, 0.1) is 11.8 Å². The van der Waals surface area contributed by atoms with Gasteiger partial charge in [-0.1, -0.05) is 18.5 Å². The maximum absolute atomic E-state index is 12.6. The van der Waals surface area contributed by atoms with Crippen LogP contribution in [0.3, 0.4) is 0 Å². The van der Waals surface area contributed by atoms with Crippen LogP contribution < -0.4 is 15.8 Å². The van der Waals surface area contributed by atoms with Crippen LogP contribution in [0.4, 0.5) is 5.69 Å². The van der Waals surface area contributed by atoms with E-state index in [9.17, 15) is 9.90 Å². The third kappa shape index (κ3) is 6.03. The molecular weight excluding hydrogens is 377 g/mol. The molecule has 0 aliphatic carbocycles. The summed E-state index contributed by atoms with van der Waals surface area (Å²) in [7, 11) is 7.06. The number of nitrogens with one attached hydrogen (secondary N) is 1. The van der Waals surface area contributed by atoms with E-state index in [1.807, 2.05) is 6.92 Å². The van der Waals surface area contributed by atoms with E-state index in [-0.39, 0.29) is 11.8 Å². The van der Waals surface area contributed by atoms with Crippen molar-refractivity contribution in [3.63, 3.8) is 0 Å². The zero-order valence-corrected chi connectivity index (χ0v) is 17.7. The molecule has 1 fully saturated rings. The lowest BCUT2D eigenvalue weighted by atomic mass is 9.84. The van der Waals surface area contributed by atoms with Gasteiger partial charge in [0.1, 0.15) is 13.6 Å². The van der Waals surface area contributed by atoms with Crippen LogP contribution in [0.1, 0.15) is 43.5 Å². The molecule has 0 spiro atoms. The van der Waals surface area contributed by atoms with Gasteiger partial charge >= 0.3 is 0 Å². The van der Waals surface area contributed by atoms with E-state index in [0.29, 0.717) is 40.5 Å². The molecule has 1 aliphatic heterocycles. The molecule has 1 aromatic carbocycles. The summed E-state index contributed by atoms with van der Waals surface area (Å²) in [6, 6.07) is 2.72. The highest BCUT2D eigenvalue weighted by atomic mass is 35.5. The van der Waals surface area contributed by atoms with Gasteiger partial charge in [-0.25, -0.2) is 0 Å². The van der Waals surface area contributed by atoms with Crippen molar-refractivity contribution in [2.24, 2.45) is 11.8 Å². The first-order valence-electron chi connectivity index (χ1n) is 9.81. The molecular formula is C20H31BClN3O3. The summed E-state index contributed by atoms with van der Waals surface area (Å²) < 4.78 is 5.25. The quantitative estimate of drug-likeness (QED) is 0.454. The number of rotatable bonds is 8. The summed E-state index contributed by atoms with van der Waals surface area (Å²) in [5.41, 5.74) is 6.54.